The van der Waals surface area contributed by atoms with E-state index in [1.807, 2.05) is 13.8 Å². The minimum atomic E-state index is -0.606. The van der Waals surface area contributed by atoms with Crippen LogP contribution in [0.2, 0.25) is 0 Å². The Bertz CT molecular complexity index is 698. The third-order valence-corrected chi connectivity index (χ3v) is 8.77. The van der Waals surface area contributed by atoms with Gasteiger partial charge in [0, 0.05) is 6.42 Å². The molecule has 0 heterocycles. The van der Waals surface area contributed by atoms with E-state index in [0.29, 0.717) is 24.2 Å². The van der Waals surface area contributed by atoms with E-state index < -0.39 is 17.8 Å². The van der Waals surface area contributed by atoms with Crippen LogP contribution in [-0.2, 0) is 0 Å². The zero-order valence-corrected chi connectivity index (χ0v) is 20.9. The van der Waals surface area contributed by atoms with Crippen molar-refractivity contribution in [1.82, 2.24) is 0 Å². The Morgan fingerprint density at radius 2 is 1.78 bits per heavy atom. The Kier molecular flexibility index (Phi) is 8.85. The normalized spacial score (nSPS) is 36.1. The number of unbranched alkanes of at least 4 members (excludes halogenated alkanes) is 4. The van der Waals surface area contributed by atoms with Gasteiger partial charge in [-0.05, 0) is 87.2 Å². The molecule has 3 aliphatic rings. The highest BCUT2D eigenvalue weighted by atomic mass is 16.3. The molecule has 3 nitrogen and oxygen atoms in total. The highest BCUT2D eigenvalue weighted by Gasteiger charge is 2.48. The smallest absolute Gasteiger partial charge is 0.0811 e. The van der Waals surface area contributed by atoms with Crippen LogP contribution in [-0.4, -0.2) is 33.1 Å². The van der Waals surface area contributed by atoms with E-state index in [-0.39, 0.29) is 0 Å². The van der Waals surface area contributed by atoms with E-state index in [2.05, 4.69) is 25.7 Å². The molecular formula is C29H48O3. The number of allylic oxidation sites excluding steroid dienone is 3. The van der Waals surface area contributed by atoms with Crippen molar-refractivity contribution in [2.24, 2.45) is 17.3 Å². The predicted octanol–water partition coefficient (Wildman–Crippen LogP) is 6.63. The minimum Gasteiger partial charge on any atom is -0.393 e. The molecule has 0 aromatic rings. The Morgan fingerprint density at radius 3 is 2.53 bits per heavy atom. The standard InChI is InChI=1S/C29H48O3/c1-21-23(19-25(30)20-27(21)31)14-13-22-15-16-24(29(4)18-10-12-26(22)29)11-8-6-5-7-9-17-28(2,3)32/h13-14,24-27,30-32H,1,5-12,15-20H2,2-4H3/b22-13+,23-14-/t24-,25-,26+,27+,29+/m1/s1. The van der Waals surface area contributed by atoms with Crippen molar-refractivity contribution in [3.05, 3.63) is 35.5 Å². The lowest BCUT2D eigenvalue weighted by Gasteiger charge is -2.45. The summed E-state index contributed by atoms with van der Waals surface area (Å²) >= 11 is 0. The van der Waals surface area contributed by atoms with E-state index in [9.17, 15) is 15.3 Å². The van der Waals surface area contributed by atoms with E-state index in [4.69, 9.17) is 0 Å². The lowest BCUT2D eigenvalue weighted by atomic mass is 9.59. The fourth-order valence-corrected chi connectivity index (χ4v) is 6.75. The van der Waals surface area contributed by atoms with Crippen molar-refractivity contribution in [3.63, 3.8) is 0 Å². The van der Waals surface area contributed by atoms with Gasteiger partial charge in [-0.1, -0.05) is 69.8 Å². The maximum atomic E-state index is 10.1. The molecule has 0 aromatic heterocycles. The summed E-state index contributed by atoms with van der Waals surface area (Å²) in [5.41, 5.74) is 3.32. The molecule has 0 unspecified atom stereocenters. The van der Waals surface area contributed by atoms with Crippen molar-refractivity contribution < 1.29 is 15.3 Å². The minimum absolute atomic E-state index is 0.411. The molecule has 0 aliphatic heterocycles. The molecule has 182 valence electrons. The summed E-state index contributed by atoms with van der Waals surface area (Å²) in [5, 5.41) is 30.0. The first kappa shape index (κ1) is 25.7. The van der Waals surface area contributed by atoms with E-state index in [1.165, 1.54) is 64.2 Å². The number of aliphatic hydroxyl groups is 3. The molecule has 3 heteroatoms. The summed E-state index contributed by atoms with van der Waals surface area (Å²) in [5.74, 6) is 1.53. The van der Waals surface area contributed by atoms with Crippen molar-refractivity contribution in [2.45, 2.75) is 128 Å². The Hall–Kier alpha value is -0.900. The van der Waals surface area contributed by atoms with Gasteiger partial charge in [0.2, 0.25) is 0 Å². The maximum absolute atomic E-state index is 10.1. The average molecular weight is 445 g/mol. The largest absolute Gasteiger partial charge is 0.393 e. The number of hydrogen-bond donors (Lipinski definition) is 3. The quantitative estimate of drug-likeness (QED) is 0.350. The molecule has 3 fully saturated rings. The molecule has 3 aliphatic carbocycles. The Labute approximate surface area is 196 Å². The number of rotatable bonds is 9. The van der Waals surface area contributed by atoms with Crippen LogP contribution in [0, 0.1) is 17.3 Å². The Morgan fingerprint density at radius 1 is 1.06 bits per heavy atom. The fourth-order valence-electron chi connectivity index (χ4n) is 6.75. The van der Waals surface area contributed by atoms with Gasteiger partial charge in [0.1, 0.15) is 0 Å². The van der Waals surface area contributed by atoms with E-state index in [0.717, 1.165) is 29.9 Å². The third kappa shape index (κ3) is 6.58. The van der Waals surface area contributed by atoms with Gasteiger partial charge < -0.3 is 15.3 Å². The second-order valence-corrected chi connectivity index (χ2v) is 11.9. The molecule has 5 atom stereocenters. The molecule has 3 N–H and O–H groups in total. The molecule has 0 spiro atoms. The third-order valence-electron chi connectivity index (χ3n) is 8.77. The van der Waals surface area contributed by atoms with Gasteiger partial charge >= 0.3 is 0 Å². The van der Waals surface area contributed by atoms with Crippen molar-refractivity contribution in [1.29, 1.82) is 0 Å². The van der Waals surface area contributed by atoms with Gasteiger partial charge in [-0.15, -0.1) is 0 Å². The van der Waals surface area contributed by atoms with Crippen LogP contribution in [0.4, 0.5) is 0 Å². The second kappa shape index (κ2) is 11.0. The lowest BCUT2D eigenvalue weighted by Crippen LogP contribution is -2.36. The number of hydrogen-bond acceptors (Lipinski definition) is 3. The van der Waals surface area contributed by atoms with Gasteiger partial charge in [0.05, 0.1) is 17.8 Å². The van der Waals surface area contributed by atoms with E-state index in [1.54, 1.807) is 5.57 Å². The monoisotopic (exact) mass is 444 g/mol. The van der Waals surface area contributed by atoms with Crippen molar-refractivity contribution >= 4 is 0 Å². The first-order chi connectivity index (χ1) is 15.1. The fraction of sp³-hybridized carbons (Fsp3) is 0.793. The number of fused-ring (bicyclic) bond motifs is 1. The van der Waals surface area contributed by atoms with Crippen molar-refractivity contribution in [2.75, 3.05) is 0 Å². The molecule has 0 bridgehead atoms. The van der Waals surface area contributed by atoms with Gasteiger partial charge in [0.25, 0.3) is 0 Å². The summed E-state index contributed by atoms with van der Waals surface area (Å²) in [6, 6.07) is 0. The predicted molar refractivity (Wildman–Crippen MR) is 133 cm³/mol. The highest BCUT2D eigenvalue weighted by Crippen LogP contribution is 2.58. The van der Waals surface area contributed by atoms with Crippen LogP contribution in [0.1, 0.15) is 111 Å². The van der Waals surface area contributed by atoms with Crippen LogP contribution in [0.5, 0.6) is 0 Å². The van der Waals surface area contributed by atoms with Gasteiger partial charge in [-0.2, -0.15) is 0 Å². The van der Waals surface area contributed by atoms with Crippen molar-refractivity contribution in [3.8, 4) is 0 Å². The average Bonchev–Trinajstić information content (AvgIpc) is 3.11. The molecule has 0 amide bonds. The van der Waals surface area contributed by atoms with Crippen LogP contribution in [0.25, 0.3) is 0 Å². The molecule has 3 rings (SSSR count). The van der Waals surface area contributed by atoms with Crippen LogP contribution < -0.4 is 0 Å². The summed E-state index contributed by atoms with van der Waals surface area (Å²) in [7, 11) is 0. The summed E-state index contributed by atoms with van der Waals surface area (Å²) in [6.45, 7) is 10.4. The van der Waals surface area contributed by atoms with Gasteiger partial charge in [-0.3, -0.25) is 0 Å². The zero-order chi connectivity index (χ0) is 23.4. The molecule has 0 radical (unpaired) electrons. The van der Waals surface area contributed by atoms with Gasteiger partial charge in [0.15, 0.2) is 0 Å². The summed E-state index contributed by atoms with van der Waals surface area (Å²) in [6.07, 6.45) is 19.5. The summed E-state index contributed by atoms with van der Waals surface area (Å²) < 4.78 is 0. The molecular weight excluding hydrogens is 396 g/mol. The first-order valence-electron chi connectivity index (χ1n) is 13.3. The molecule has 3 saturated carbocycles. The zero-order valence-electron chi connectivity index (χ0n) is 20.9. The van der Waals surface area contributed by atoms with E-state index >= 15 is 0 Å². The van der Waals surface area contributed by atoms with Crippen LogP contribution in [0.3, 0.4) is 0 Å². The van der Waals surface area contributed by atoms with Crippen LogP contribution >= 0.6 is 0 Å². The van der Waals surface area contributed by atoms with Crippen LogP contribution in [0.15, 0.2) is 35.5 Å². The molecule has 0 aromatic carbocycles. The first-order valence-corrected chi connectivity index (χ1v) is 13.3. The molecule has 32 heavy (non-hydrogen) atoms. The lowest BCUT2D eigenvalue weighted by molar-refractivity contribution is 0.0678. The SMILES string of the molecule is C=C1/C(=C\C=C2/CC[C@@H](CCCCCCCC(C)(C)O)[C@]3(C)CCC[C@@H]23)C[C@@H](O)C[C@@H]1O. The summed E-state index contributed by atoms with van der Waals surface area (Å²) in [4.78, 5) is 0. The maximum Gasteiger partial charge on any atom is 0.0811 e. The number of aliphatic hydroxyl groups excluding tert-OH is 2. The molecule has 0 saturated heterocycles. The highest BCUT2D eigenvalue weighted by molar-refractivity contribution is 5.38. The Balaban J connectivity index is 1.52. The topological polar surface area (TPSA) is 60.7 Å². The van der Waals surface area contributed by atoms with Gasteiger partial charge in [-0.25, -0.2) is 0 Å². The second-order valence-electron chi connectivity index (χ2n) is 11.9.